The van der Waals surface area contributed by atoms with Crippen LogP contribution >= 0.6 is 0 Å². The van der Waals surface area contributed by atoms with Crippen molar-refractivity contribution < 1.29 is 64.2 Å². The molecule has 12 unspecified atom stereocenters. The lowest BCUT2D eigenvalue weighted by molar-refractivity contribution is -0.348. The summed E-state index contributed by atoms with van der Waals surface area (Å²) in [6.45, 7) is 1.85. The van der Waals surface area contributed by atoms with Gasteiger partial charge in [0.25, 0.3) is 0 Å². The second-order valence-corrected chi connectivity index (χ2v) is 9.60. The first-order valence-corrected chi connectivity index (χ1v) is 12.8. The monoisotopic (exact) mass is 526 g/mol. The van der Waals surface area contributed by atoms with Gasteiger partial charge in [-0.2, -0.15) is 0 Å². The molecule has 36 heavy (non-hydrogen) atoms. The van der Waals surface area contributed by atoms with Gasteiger partial charge in [0.05, 0.1) is 19.8 Å². The van der Waals surface area contributed by atoms with Gasteiger partial charge >= 0.3 is 0 Å². The Morgan fingerprint density at radius 1 is 0.556 bits per heavy atom. The van der Waals surface area contributed by atoms with Crippen LogP contribution in [0.5, 0.6) is 0 Å². The molecule has 0 aliphatic carbocycles. The maximum absolute atomic E-state index is 10.5. The number of aliphatic hydroxyl groups is 7. The van der Waals surface area contributed by atoms with Crippen LogP contribution in [0.2, 0.25) is 0 Å². The molecule has 212 valence electrons. The van der Waals surface area contributed by atoms with E-state index in [1.54, 1.807) is 0 Å². The summed E-state index contributed by atoms with van der Waals surface area (Å²) >= 11 is 0. The Bertz CT molecular complexity index is 627. The van der Waals surface area contributed by atoms with E-state index in [-0.39, 0.29) is 19.8 Å². The van der Waals surface area contributed by atoms with Crippen LogP contribution in [-0.4, -0.2) is 136 Å². The average molecular weight is 527 g/mol. The van der Waals surface area contributed by atoms with Crippen molar-refractivity contribution in [2.75, 3.05) is 26.4 Å². The van der Waals surface area contributed by atoms with Crippen LogP contribution in [0.15, 0.2) is 0 Å². The van der Waals surface area contributed by atoms with Crippen LogP contribution in [0.25, 0.3) is 0 Å². The van der Waals surface area contributed by atoms with E-state index in [4.69, 9.17) is 28.4 Å². The van der Waals surface area contributed by atoms with E-state index in [0.29, 0.717) is 6.61 Å². The third-order valence-electron chi connectivity index (χ3n) is 6.72. The molecule has 0 spiro atoms. The largest absolute Gasteiger partial charge is 0.388 e. The van der Waals surface area contributed by atoms with E-state index in [1.165, 1.54) is 19.3 Å². The molecule has 3 aliphatic rings. The van der Waals surface area contributed by atoms with Gasteiger partial charge in [0.15, 0.2) is 18.9 Å². The fourth-order valence-corrected chi connectivity index (χ4v) is 4.37. The fourth-order valence-electron chi connectivity index (χ4n) is 4.37. The van der Waals surface area contributed by atoms with Gasteiger partial charge in [-0.15, -0.1) is 0 Å². The average Bonchev–Trinajstić information content (AvgIpc) is 2.87. The van der Waals surface area contributed by atoms with Gasteiger partial charge in [-0.1, -0.05) is 39.0 Å². The third-order valence-corrected chi connectivity index (χ3v) is 6.72. The van der Waals surface area contributed by atoms with Crippen LogP contribution in [-0.2, 0) is 28.4 Å². The van der Waals surface area contributed by atoms with Crippen molar-refractivity contribution in [1.29, 1.82) is 0 Å². The highest BCUT2D eigenvalue weighted by atomic mass is 16.7. The lowest BCUT2D eigenvalue weighted by atomic mass is 10.0. The number of ether oxygens (including phenoxy) is 6. The molecule has 0 aromatic carbocycles. The van der Waals surface area contributed by atoms with Crippen molar-refractivity contribution >= 4 is 0 Å². The van der Waals surface area contributed by atoms with Gasteiger partial charge in [0.2, 0.25) is 0 Å². The molecule has 0 saturated carbocycles. The van der Waals surface area contributed by atoms with Crippen LogP contribution in [0.3, 0.4) is 0 Å². The van der Waals surface area contributed by atoms with Gasteiger partial charge in [-0.25, -0.2) is 0 Å². The van der Waals surface area contributed by atoms with Crippen molar-refractivity contribution in [3.05, 3.63) is 0 Å². The van der Waals surface area contributed by atoms with Gasteiger partial charge < -0.3 is 64.2 Å². The van der Waals surface area contributed by atoms with Gasteiger partial charge in [-0.05, 0) is 6.42 Å². The first-order valence-electron chi connectivity index (χ1n) is 12.8. The van der Waals surface area contributed by atoms with E-state index in [0.717, 1.165) is 19.3 Å². The molecule has 12 atom stereocenters. The van der Waals surface area contributed by atoms with Gasteiger partial charge in [0.1, 0.15) is 54.9 Å². The molecular formula is C23H42O13. The van der Waals surface area contributed by atoms with Crippen LogP contribution in [0, 0.1) is 0 Å². The smallest absolute Gasteiger partial charge is 0.186 e. The molecule has 3 saturated heterocycles. The Kier molecular flexibility index (Phi) is 12.2. The number of aliphatic hydroxyl groups excluding tert-OH is 7. The first-order chi connectivity index (χ1) is 17.2. The molecule has 0 aromatic heterocycles. The van der Waals surface area contributed by atoms with E-state index < -0.39 is 73.8 Å². The zero-order valence-electron chi connectivity index (χ0n) is 20.6. The number of hydrogen-bond donors (Lipinski definition) is 7. The normalized spacial score (nSPS) is 44.0. The molecule has 3 aliphatic heterocycles. The van der Waals surface area contributed by atoms with Gasteiger partial charge in [0, 0.05) is 6.61 Å². The van der Waals surface area contributed by atoms with E-state index >= 15 is 0 Å². The number of unbranched alkanes of at least 4 members (excludes halogenated alkanes) is 5. The lowest BCUT2D eigenvalue weighted by Gasteiger charge is -2.43. The number of hydrogen-bond acceptors (Lipinski definition) is 13. The summed E-state index contributed by atoms with van der Waals surface area (Å²) in [7, 11) is 0. The Balaban J connectivity index is 1.41. The SMILES string of the molecule is CCCCCCCCOC1OCC(OC2OCC(OC3OCC(O)C(O)C3O)C(O)C2O)C(O)C1O. The summed E-state index contributed by atoms with van der Waals surface area (Å²) in [6, 6.07) is 0. The topological polar surface area (TPSA) is 197 Å². The molecule has 3 heterocycles. The minimum absolute atomic E-state index is 0.135. The predicted molar refractivity (Wildman–Crippen MR) is 120 cm³/mol. The Labute approximate surface area is 210 Å². The molecule has 3 rings (SSSR count). The molecule has 13 nitrogen and oxygen atoms in total. The summed E-state index contributed by atoms with van der Waals surface area (Å²) in [6.07, 6.45) is -9.66. The summed E-state index contributed by atoms with van der Waals surface area (Å²) in [5, 5.41) is 71.1. The summed E-state index contributed by atoms with van der Waals surface area (Å²) in [5.41, 5.74) is 0. The van der Waals surface area contributed by atoms with Crippen molar-refractivity contribution in [1.82, 2.24) is 0 Å². The molecule has 13 heteroatoms. The first kappa shape index (κ1) is 30.0. The minimum atomic E-state index is -1.61. The zero-order chi connectivity index (χ0) is 26.2. The van der Waals surface area contributed by atoms with E-state index in [2.05, 4.69) is 6.92 Å². The van der Waals surface area contributed by atoms with Crippen molar-refractivity contribution in [2.45, 2.75) is 119 Å². The van der Waals surface area contributed by atoms with Crippen molar-refractivity contribution in [3.63, 3.8) is 0 Å². The third kappa shape index (κ3) is 7.76. The highest BCUT2D eigenvalue weighted by Crippen LogP contribution is 2.27. The quantitative estimate of drug-likeness (QED) is 0.135. The molecule has 3 fully saturated rings. The van der Waals surface area contributed by atoms with Gasteiger partial charge in [-0.3, -0.25) is 0 Å². The fraction of sp³-hybridized carbons (Fsp3) is 1.00. The standard InChI is InChI=1S/C23H42O13/c1-2-3-4-5-6-7-8-31-21-19(29)16(26)13(10-33-21)36-23-20(30)17(27)14(11-34-23)35-22-18(28)15(25)12(24)9-32-22/h12-30H,2-11H2,1H3. The Morgan fingerprint density at radius 3 is 1.64 bits per heavy atom. The summed E-state index contributed by atoms with van der Waals surface area (Å²) in [5.74, 6) is 0. The highest BCUT2D eigenvalue weighted by Gasteiger charge is 2.47. The predicted octanol–water partition coefficient (Wildman–Crippen LogP) is -2.27. The Morgan fingerprint density at radius 2 is 1.03 bits per heavy atom. The maximum Gasteiger partial charge on any atom is 0.186 e. The Hall–Kier alpha value is -0.520. The second-order valence-electron chi connectivity index (χ2n) is 9.60. The van der Waals surface area contributed by atoms with E-state index in [9.17, 15) is 35.7 Å². The molecule has 7 N–H and O–H groups in total. The summed E-state index contributed by atoms with van der Waals surface area (Å²) in [4.78, 5) is 0. The molecule has 0 aromatic rings. The molecule has 0 radical (unpaired) electrons. The molecule has 0 amide bonds. The molecule has 0 bridgehead atoms. The number of rotatable bonds is 12. The van der Waals surface area contributed by atoms with Crippen molar-refractivity contribution in [2.24, 2.45) is 0 Å². The van der Waals surface area contributed by atoms with Crippen molar-refractivity contribution in [3.8, 4) is 0 Å². The summed E-state index contributed by atoms with van der Waals surface area (Å²) < 4.78 is 32.7. The van der Waals surface area contributed by atoms with Crippen LogP contribution in [0.4, 0.5) is 0 Å². The lowest BCUT2D eigenvalue weighted by Crippen LogP contribution is -2.61. The van der Waals surface area contributed by atoms with Crippen LogP contribution < -0.4 is 0 Å². The van der Waals surface area contributed by atoms with E-state index in [1.807, 2.05) is 0 Å². The molecular weight excluding hydrogens is 484 g/mol. The maximum atomic E-state index is 10.5. The van der Waals surface area contributed by atoms with Crippen LogP contribution in [0.1, 0.15) is 45.4 Å². The highest BCUT2D eigenvalue weighted by molar-refractivity contribution is 4.90. The second kappa shape index (κ2) is 14.6. The minimum Gasteiger partial charge on any atom is -0.388 e. The zero-order valence-corrected chi connectivity index (χ0v) is 20.6.